The first-order valence-electron chi connectivity index (χ1n) is 6.14. The molecular weight excluding hydrogens is 298 g/mol. The Balaban J connectivity index is 3.41. The van der Waals surface area contributed by atoms with Gasteiger partial charge in [0.15, 0.2) is 0 Å². The Morgan fingerprint density at radius 3 is 2.43 bits per heavy atom. The van der Waals surface area contributed by atoms with Gasteiger partial charge in [0.2, 0.25) is 10.0 Å². The van der Waals surface area contributed by atoms with Crippen LogP contribution in [0.4, 0.5) is 5.69 Å². The lowest BCUT2D eigenvalue weighted by molar-refractivity contribution is -0.385. The monoisotopic (exact) mass is 315 g/mol. The predicted molar refractivity (Wildman–Crippen MR) is 76.4 cm³/mol. The highest BCUT2D eigenvalue weighted by Gasteiger charge is 2.23. The Hall–Kier alpha value is -2.00. The topological polar surface area (TPSA) is 132 Å². The maximum atomic E-state index is 12.1. The second-order valence-corrected chi connectivity index (χ2v) is 6.55. The fourth-order valence-corrected chi connectivity index (χ4v) is 2.52. The standard InChI is InChI=1S/C12H17N3O5S/c1-7(2)6-14-12(16)10-4-9(15(17)18)5-11(8(10)3)21(13,19)20/h4-5,7H,6H2,1-3H3,(H,14,16)(H2,13,19,20). The van der Waals surface area contributed by atoms with Crippen molar-refractivity contribution in [3.8, 4) is 0 Å². The highest BCUT2D eigenvalue weighted by molar-refractivity contribution is 7.89. The lowest BCUT2D eigenvalue weighted by Gasteiger charge is -2.12. The van der Waals surface area contributed by atoms with Crippen molar-refractivity contribution >= 4 is 21.6 Å². The third kappa shape index (κ3) is 4.23. The fraction of sp³-hybridized carbons (Fsp3) is 0.417. The molecule has 1 aromatic rings. The van der Waals surface area contributed by atoms with Gasteiger partial charge >= 0.3 is 0 Å². The molecule has 0 aromatic heterocycles. The SMILES string of the molecule is Cc1c(C(=O)NCC(C)C)cc([N+](=O)[O-])cc1S(N)(=O)=O. The van der Waals surface area contributed by atoms with E-state index in [4.69, 9.17) is 5.14 Å². The molecule has 0 aliphatic rings. The van der Waals surface area contributed by atoms with E-state index in [-0.39, 0.29) is 17.0 Å². The van der Waals surface area contributed by atoms with E-state index in [9.17, 15) is 23.3 Å². The van der Waals surface area contributed by atoms with Crippen LogP contribution in [-0.2, 0) is 10.0 Å². The first-order valence-corrected chi connectivity index (χ1v) is 7.68. The molecule has 21 heavy (non-hydrogen) atoms. The van der Waals surface area contributed by atoms with E-state index >= 15 is 0 Å². The number of hydrogen-bond acceptors (Lipinski definition) is 5. The zero-order valence-corrected chi connectivity index (χ0v) is 12.7. The van der Waals surface area contributed by atoms with E-state index in [1.54, 1.807) is 0 Å². The van der Waals surface area contributed by atoms with Gasteiger partial charge in [0.1, 0.15) is 0 Å². The molecule has 0 saturated heterocycles. The van der Waals surface area contributed by atoms with Crippen molar-refractivity contribution in [1.82, 2.24) is 5.32 Å². The Labute approximate surface area is 122 Å². The van der Waals surface area contributed by atoms with Crippen molar-refractivity contribution in [1.29, 1.82) is 0 Å². The zero-order chi connectivity index (χ0) is 16.4. The molecule has 1 rings (SSSR count). The average Bonchev–Trinajstić information content (AvgIpc) is 2.34. The number of sulfonamides is 1. The Kier molecular flexibility index (Phi) is 5.02. The molecule has 0 aliphatic carbocycles. The van der Waals surface area contributed by atoms with Crippen LogP contribution in [0.3, 0.4) is 0 Å². The van der Waals surface area contributed by atoms with Crippen LogP contribution in [0.2, 0.25) is 0 Å². The number of amides is 1. The van der Waals surface area contributed by atoms with Gasteiger partial charge < -0.3 is 5.32 Å². The second kappa shape index (κ2) is 6.19. The molecule has 0 aliphatic heterocycles. The molecule has 0 unspecified atom stereocenters. The molecule has 3 N–H and O–H groups in total. The molecular formula is C12H17N3O5S. The van der Waals surface area contributed by atoms with Crippen LogP contribution in [0, 0.1) is 23.0 Å². The number of nitro benzene ring substituents is 1. The number of primary sulfonamides is 1. The van der Waals surface area contributed by atoms with Gasteiger partial charge in [-0.25, -0.2) is 13.6 Å². The number of nitro groups is 1. The lowest BCUT2D eigenvalue weighted by Crippen LogP contribution is -2.28. The van der Waals surface area contributed by atoms with Crippen LogP contribution in [0.15, 0.2) is 17.0 Å². The molecule has 0 atom stereocenters. The summed E-state index contributed by atoms with van der Waals surface area (Å²) in [6.45, 7) is 5.52. The van der Waals surface area contributed by atoms with Gasteiger partial charge in [-0.3, -0.25) is 14.9 Å². The van der Waals surface area contributed by atoms with Crippen molar-refractivity contribution in [2.75, 3.05) is 6.54 Å². The number of rotatable bonds is 5. The van der Waals surface area contributed by atoms with Crippen LogP contribution >= 0.6 is 0 Å². The summed E-state index contributed by atoms with van der Waals surface area (Å²) in [5.41, 5.74) is -0.488. The van der Waals surface area contributed by atoms with E-state index in [1.165, 1.54) is 6.92 Å². The molecule has 8 nitrogen and oxygen atoms in total. The van der Waals surface area contributed by atoms with Crippen LogP contribution in [0.25, 0.3) is 0 Å². The highest BCUT2D eigenvalue weighted by Crippen LogP contribution is 2.25. The molecule has 0 saturated carbocycles. The largest absolute Gasteiger partial charge is 0.352 e. The van der Waals surface area contributed by atoms with E-state index in [0.29, 0.717) is 6.54 Å². The number of nitrogens with one attached hydrogen (secondary N) is 1. The Morgan fingerprint density at radius 1 is 1.43 bits per heavy atom. The van der Waals surface area contributed by atoms with Crippen LogP contribution < -0.4 is 10.5 Å². The summed E-state index contributed by atoms with van der Waals surface area (Å²) in [6.07, 6.45) is 0. The molecule has 1 amide bonds. The summed E-state index contributed by atoms with van der Waals surface area (Å²) in [5, 5.41) is 18.5. The third-order valence-corrected chi connectivity index (χ3v) is 3.81. The first-order chi connectivity index (χ1) is 9.54. The molecule has 0 heterocycles. The van der Waals surface area contributed by atoms with Gasteiger partial charge in [0.05, 0.1) is 15.4 Å². The van der Waals surface area contributed by atoms with Gasteiger partial charge in [-0.15, -0.1) is 0 Å². The summed E-state index contributed by atoms with van der Waals surface area (Å²) in [6, 6.07) is 1.89. The van der Waals surface area contributed by atoms with Gasteiger partial charge in [-0.05, 0) is 18.4 Å². The van der Waals surface area contributed by atoms with E-state index in [0.717, 1.165) is 12.1 Å². The number of carbonyl (C=O) groups excluding carboxylic acids is 1. The zero-order valence-electron chi connectivity index (χ0n) is 11.9. The predicted octanol–water partition coefficient (Wildman–Crippen LogP) is 0.936. The summed E-state index contributed by atoms with van der Waals surface area (Å²) in [5.74, 6) is -0.388. The number of carbonyl (C=O) groups is 1. The molecule has 0 bridgehead atoms. The number of benzene rings is 1. The smallest absolute Gasteiger partial charge is 0.271 e. The van der Waals surface area contributed by atoms with Crippen molar-refractivity contribution in [2.45, 2.75) is 25.7 Å². The van der Waals surface area contributed by atoms with Crippen LogP contribution in [0.1, 0.15) is 29.8 Å². The maximum absolute atomic E-state index is 12.1. The van der Waals surface area contributed by atoms with Gasteiger partial charge in [-0.1, -0.05) is 13.8 Å². The van der Waals surface area contributed by atoms with Crippen molar-refractivity contribution in [3.63, 3.8) is 0 Å². The van der Waals surface area contributed by atoms with Crippen molar-refractivity contribution in [2.24, 2.45) is 11.1 Å². The highest BCUT2D eigenvalue weighted by atomic mass is 32.2. The van der Waals surface area contributed by atoms with E-state index in [2.05, 4.69) is 5.32 Å². The molecule has 116 valence electrons. The van der Waals surface area contributed by atoms with Gasteiger partial charge in [0, 0.05) is 18.7 Å². The summed E-state index contributed by atoms with van der Waals surface area (Å²) in [7, 11) is -4.16. The normalized spacial score (nSPS) is 11.5. The summed E-state index contributed by atoms with van der Waals surface area (Å²) < 4.78 is 23.0. The van der Waals surface area contributed by atoms with Gasteiger partial charge in [-0.2, -0.15) is 0 Å². The van der Waals surface area contributed by atoms with Gasteiger partial charge in [0.25, 0.3) is 11.6 Å². The number of hydrogen-bond donors (Lipinski definition) is 2. The third-order valence-electron chi connectivity index (χ3n) is 2.78. The van der Waals surface area contributed by atoms with Crippen LogP contribution in [0.5, 0.6) is 0 Å². The maximum Gasteiger partial charge on any atom is 0.271 e. The molecule has 0 radical (unpaired) electrons. The lowest BCUT2D eigenvalue weighted by atomic mass is 10.1. The molecule has 1 aromatic carbocycles. The minimum Gasteiger partial charge on any atom is -0.352 e. The quantitative estimate of drug-likeness (QED) is 0.616. The minimum atomic E-state index is -4.16. The van der Waals surface area contributed by atoms with E-state index in [1.807, 2.05) is 13.8 Å². The summed E-state index contributed by atoms with van der Waals surface area (Å²) >= 11 is 0. The van der Waals surface area contributed by atoms with E-state index < -0.39 is 31.4 Å². The molecule has 0 spiro atoms. The van der Waals surface area contributed by atoms with Crippen molar-refractivity contribution < 1.29 is 18.1 Å². The first kappa shape index (κ1) is 17.1. The van der Waals surface area contributed by atoms with Crippen LogP contribution in [-0.4, -0.2) is 25.8 Å². The van der Waals surface area contributed by atoms with Crippen molar-refractivity contribution in [3.05, 3.63) is 33.4 Å². The number of nitrogens with two attached hydrogens (primary N) is 1. The minimum absolute atomic E-state index is 0.0751. The number of non-ortho nitro benzene ring substituents is 1. The summed E-state index contributed by atoms with van der Waals surface area (Å²) in [4.78, 5) is 21.7. The number of nitrogens with zero attached hydrogens (tertiary/aromatic N) is 1. The molecule has 0 fully saturated rings. The Bertz CT molecular complexity index is 682. The second-order valence-electron chi connectivity index (χ2n) is 5.02. The average molecular weight is 315 g/mol. The molecule has 9 heteroatoms. The fourth-order valence-electron chi connectivity index (χ4n) is 1.70. The Morgan fingerprint density at radius 2 is 2.00 bits per heavy atom.